The van der Waals surface area contributed by atoms with Gasteiger partial charge in [0.05, 0.1) is 24.2 Å². The van der Waals surface area contributed by atoms with Crippen molar-refractivity contribution in [2.75, 3.05) is 19.9 Å². The van der Waals surface area contributed by atoms with Crippen LogP contribution < -0.4 is 14.8 Å². The number of alkyl halides is 1. The van der Waals surface area contributed by atoms with Crippen LogP contribution in [0.2, 0.25) is 10.0 Å². The van der Waals surface area contributed by atoms with Gasteiger partial charge in [-0.05, 0) is 54.4 Å². The summed E-state index contributed by atoms with van der Waals surface area (Å²) >= 11 is 12.3. The number of halogens is 3. The molecular formula is C27H24Cl2FNO6. The lowest BCUT2D eigenvalue weighted by Crippen LogP contribution is -2.39. The van der Waals surface area contributed by atoms with Crippen molar-refractivity contribution < 1.29 is 33.3 Å². The number of ether oxygens (including phenoxy) is 3. The van der Waals surface area contributed by atoms with Crippen LogP contribution in [0.15, 0.2) is 60.7 Å². The Balaban J connectivity index is 1.43. The molecule has 2 N–H and O–H groups in total. The van der Waals surface area contributed by atoms with Gasteiger partial charge in [-0.25, -0.2) is 4.39 Å². The molecule has 1 aliphatic heterocycles. The summed E-state index contributed by atoms with van der Waals surface area (Å²) in [5.41, 5.74) is 1.73. The van der Waals surface area contributed by atoms with Crippen molar-refractivity contribution in [2.24, 2.45) is 0 Å². The van der Waals surface area contributed by atoms with Gasteiger partial charge in [0.15, 0.2) is 0 Å². The van der Waals surface area contributed by atoms with Gasteiger partial charge in [0.25, 0.3) is 5.91 Å². The van der Waals surface area contributed by atoms with E-state index in [0.29, 0.717) is 46.2 Å². The van der Waals surface area contributed by atoms with E-state index in [2.05, 4.69) is 5.32 Å². The molecule has 2 unspecified atom stereocenters. The fourth-order valence-electron chi connectivity index (χ4n) is 3.93. The van der Waals surface area contributed by atoms with Crippen molar-refractivity contribution in [1.82, 2.24) is 5.32 Å². The van der Waals surface area contributed by atoms with Gasteiger partial charge in [-0.1, -0.05) is 35.3 Å². The lowest BCUT2D eigenvalue weighted by molar-refractivity contribution is -0.139. The molecule has 0 bridgehead atoms. The normalized spacial score (nSPS) is 15.3. The molecule has 0 aliphatic carbocycles. The van der Waals surface area contributed by atoms with E-state index in [4.69, 9.17) is 37.4 Å². The SMILES string of the molecule is O=C(NC(Cc1ccc(Cl)cc1)OCCF)c1ccc(Oc2cc3c(cc2Cl)C(C(=O)O)CCO3)cc1. The predicted molar refractivity (Wildman–Crippen MR) is 137 cm³/mol. The Bertz CT molecular complexity index is 1250. The number of aliphatic carboxylic acids is 1. The predicted octanol–water partition coefficient (Wildman–Crippen LogP) is 6.02. The molecule has 0 aromatic heterocycles. The molecule has 0 saturated heterocycles. The first kappa shape index (κ1) is 26.7. The van der Waals surface area contributed by atoms with E-state index in [-0.39, 0.29) is 18.2 Å². The summed E-state index contributed by atoms with van der Waals surface area (Å²) in [6, 6.07) is 16.5. The van der Waals surface area contributed by atoms with Crippen LogP contribution in [0.25, 0.3) is 0 Å². The molecule has 3 aromatic rings. The summed E-state index contributed by atoms with van der Waals surface area (Å²) in [5, 5.41) is 13.0. The van der Waals surface area contributed by atoms with Gasteiger partial charge in [0.2, 0.25) is 0 Å². The van der Waals surface area contributed by atoms with Crippen LogP contribution in [0.5, 0.6) is 17.2 Å². The Hall–Kier alpha value is -3.33. The molecule has 0 saturated carbocycles. The maximum absolute atomic E-state index is 12.8. The summed E-state index contributed by atoms with van der Waals surface area (Å²) in [6.07, 6.45) is -0.0303. The first-order valence-electron chi connectivity index (χ1n) is 11.5. The quantitative estimate of drug-likeness (QED) is 0.301. The van der Waals surface area contributed by atoms with Crippen LogP contribution in [0.4, 0.5) is 4.39 Å². The number of benzene rings is 3. The molecule has 37 heavy (non-hydrogen) atoms. The van der Waals surface area contributed by atoms with E-state index < -0.39 is 30.7 Å². The Morgan fingerprint density at radius 1 is 1.11 bits per heavy atom. The number of carboxylic acids is 1. The van der Waals surface area contributed by atoms with Gasteiger partial charge in [-0.3, -0.25) is 9.59 Å². The summed E-state index contributed by atoms with van der Waals surface area (Å²) in [5.74, 6) is -0.904. The number of carbonyl (C=O) groups is 2. The number of rotatable bonds is 10. The van der Waals surface area contributed by atoms with Crippen molar-refractivity contribution in [3.63, 3.8) is 0 Å². The Labute approximate surface area is 223 Å². The van der Waals surface area contributed by atoms with E-state index in [1.54, 1.807) is 48.5 Å². The molecule has 4 rings (SSSR count). The third-order valence-corrected chi connectivity index (χ3v) is 6.32. The third kappa shape index (κ3) is 6.91. The number of nitrogens with one attached hydrogen (secondary N) is 1. The number of hydrogen-bond donors (Lipinski definition) is 2. The second-order valence-electron chi connectivity index (χ2n) is 8.33. The van der Waals surface area contributed by atoms with Crippen molar-refractivity contribution in [2.45, 2.75) is 25.0 Å². The molecule has 2 atom stereocenters. The monoisotopic (exact) mass is 547 g/mol. The van der Waals surface area contributed by atoms with Crippen molar-refractivity contribution in [1.29, 1.82) is 0 Å². The fraction of sp³-hybridized carbons (Fsp3) is 0.259. The highest BCUT2D eigenvalue weighted by molar-refractivity contribution is 6.32. The summed E-state index contributed by atoms with van der Waals surface area (Å²) in [6.45, 7) is -0.543. The van der Waals surface area contributed by atoms with Gasteiger partial charge in [0, 0.05) is 28.6 Å². The van der Waals surface area contributed by atoms with E-state index >= 15 is 0 Å². The van der Waals surface area contributed by atoms with Crippen LogP contribution in [-0.4, -0.2) is 43.1 Å². The average molecular weight is 548 g/mol. The van der Waals surface area contributed by atoms with Gasteiger partial charge in [-0.2, -0.15) is 0 Å². The van der Waals surface area contributed by atoms with Gasteiger partial charge in [-0.15, -0.1) is 0 Å². The first-order valence-corrected chi connectivity index (χ1v) is 12.3. The minimum atomic E-state index is -0.936. The number of carbonyl (C=O) groups excluding carboxylic acids is 1. The summed E-state index contributed by atoms with van der Waals surface area (Å²) in [7, 11) is 0. The van der Waals surface area contributed by atoms with E-state index in [0.717, 1.165) is 5.56 Å². The van der Waals surface area contributed by atoms with Crippen LogP contribution in [-0.2, 0) is 16.0 Å². The molecule has 1 aliphatic rings. The zero-order chi connectivity index (χ0) is 26.4. The molecule has 7 nitrogen and oxygen atoms in total. The molecule has 194 valence electrons. The number of amides is 1. The Morgan fingerprint density at radius 2 is 1.84 bits per heavy atom. The molecule has 1 heterocycles. The number of hydrogen-bond acceptors (Lipinski definition) is 5. The topological polar surface area (TPSA) is 94.1 Å². The van der Waals surface area contributed by atoms with Crippen LogP contribution >= 0.6 is 23.2 Å². The molecule has 0 fully saturated rings. The highest BCUT2D eigenvalue weighted by Gasteiger charge is 2.29. The molecule has 1 amide bonds. The maximum atomic E-state index is 12.8. The first-order chi connectivity index (χ1) is 17.8. The lowest BCUT2D eigenvalue weighted by atomic mass is 9.93. The van der Waals surface area contributed by atoms with Crippen molar-refractivity contribution in [3.05, 3.63) is 87.4 Å². The second kappa shape index (κ2) is 12.3. The molecule has 3 aromatic carbocycles. The zero-order valence-electron chi connectivity index (χ0n) is 19.6. The maximum Gasteiger partial charge on any atom is 0.311 e. The number of fused-ring (bicyclic) bond motifs is 1. The highest BCUT2D eigenvalue weighted by atomic mass is 35.5. The standard InChI is InChI=1S/C27H24Cl2FNO6/c28-18-5-1-16(2-6-18)13-25(36-12-10-30)31-26(32)17-3-7-19(8-4-17)37-24-15-23-21(14-22(24)29)20(27(33)34)9-11-35-23/h1-8,14-15,20,25H,9-13H2,(H,31,32)(H,33,34). The van der Waals surface area contributed by atoms with Crippen LogP contribution in [0.1, 0.15) is 33.8 Å². The Kier molecular flexibility index (Phi) is 8.87. The Morgan fingerprint density at radius 3 is 2.51 bits per heavy atom. The summed E-state index contributed by atoms with van der Waals surface area (Å²) in [4.78, 5) is 24.3. The second-order valence-corrected chi connectivity index (χ2v) is 9.17. The zero-order valence-corrected chi connectivity index (χ0v) is 21.1. The van der Waals surface area contributed by atoms with E-state index in [1.165, 1.54) is 0 Å². The number of carboxylic acid groups (broad SMARTS) is 1. The average Bonchev–Trinajstić information content (AvgIpc) is 2.89. The largest absolute Gasteiger partial charge is 0.493 e. The molecule has 0 spiro atoms. The summed E-state index contributed by atoms with van der Waals surface area (Å²) < 4.78 is 29.6. The van der Waals surface area contributed by atoms with Gasteiger partial charge < -0.3 is 24.6 Å². The van der Waals surface area contributed by atoms with Crippen LogP contribution in [0, 0.1) is 0 Å². The third-order valence-electron chi connectivity index (χ3n) is 5.77. The van der Waals surface area contributed by atoms with Crippen molar-refractivity contribution >= 4 is 35.1 Å². The minimum Gasteiger partial charge on any atom is -0.493 e. The van der Waals surface area contributed by atoms with Gasteiger partial charge in [0.1, 0.15) is 30.2 Å². The van der Waals surface area contributed by atoms with Gasteiger partial charge >= 0.3 is 5.97 Å². The molecule has 0 radical (unpaired) electrons. The lowest BCUT2D eigenvalue weighted by Gasteiger charge is -2.24. The molecule has 10 heteroatoms. The van der Waals surface area contributed by atoms with E-state index in [9.17, 15) is 19.1 Å². The highest BCUT2D eigenvalue weighted by Crippen LogP contribution is 2.41. The van der Waals surface area contributed by atoms with Crippen LogP contribution in [0.3, 0.4) is 0 Å². The van der Waals surface area contributed by atoms with E-state index in [1.807, 2.05) is 12.1 Å². The molecular weight excluding hydrogens is 524 g/mol. The smallest absolute Gasteiger partial charge is 0.311 e. The minimum absolute atomic E-state index is 0.149. The van der Waals surface area contributed by atoms with Crippen molar-refractivity contribution in [3.8, 4) is 17.2 Å². The fourth-order valence-corrected chi connectivity index (χ4v) is 4.26.